The Labute approximate surface area is 159 Å². The number of rotatable bonds is 7. The number of sulfonamides is 1. The molecule has 0 atom stereocenters. The largest absolute Gasteiger partial charge is 0.495 e. The minimum Gasteiger partial charge on any atom is -0.495 e. The number of aromatic nitrogens is 1. The third-order valence-corrected chi connectivity index (χ3v) is 7.09. The third kappa shape index (κ3) is 4.19. The van der Waals surface area contributed by atoms with Crippen LogP contribution in [0.15, 0.2) is 22.4 Å². The average molecular weight is 396 g/mol. The molecule has 1 aromatic carbocycles. The van der Waals surface area contributed by atoms with E-state index in [9.17, 15) is 8.42 Å². The molecular weight excluding hydrogens is 370 g/mol. The van der Waals surface area contributed by atoms with Gasteiger partial charge in [-0.3, -0.25) is 0 Å². The second-order valence-electron chi connectivity index (χ2n) is 6.55. The summed E-state index contributed by atoms with van der Waals surface area (Å²) in [4.78, 5) is 7.10. The Hall–Kier alpha value is -1.64. The van der Waals surface area contributed by atoms with Gasteiger partial charge in [0, 0.05) is 31.4 Å². The van der Waals surface area contributed by atoms with Crippen molar-refractivity contribution in [1.29, 1.82) is 0 Å². The van der Waals surface area contributed by atoms with E-state index in [0.29, 0.717) is 18.7 Å². The van der Waals surface area contributed by atoms with Gasteiger partial charge in [-0.1, -0.05) is 0 Å². The van der Waals surface area contributed by atoms with Crippen molar-refractivity contribution in [2.75, 3.05) is 31.6 Å². The lowest BCUT2D eigenvalue weighted by atomic mass is 10.1. The molecule has 0 spiro atoms. The quantitative estimate of drug-likeness (QED) is 0.780. The number of benzene rings is 1. The number of methoxy groups -OCH3 is 1. The molecule has 26 heavy (non-hydrogen) atoms. The van der Waals surface area contributed by atoms with Crippen molar-refractivity contribution in [2.24, 2.45) is 0 Å². The zero-order valence-electron chi connectivity index (χ0n) is 15.4. The first-order valence-electron chi connectivity index (χ1n) is 8.75. The molecular formula is C18H25N3O3S2. The highest BCUT2D eigenvalue weighted by atomic mass is 32.2. The number of nitrogens with zero attached hydrogens (tertiary/aromatic N) is 2. The first kappa shape index (κ1) is 19.1. The molecule has 0 radical (unpaired) electrons. The van der Waals surface area contributed by atoms with Crippen molar-refractivity contribution in [2.45, 2.75) is 38.0 Å². The average Bonchev–Trinajstić information content (AvgIpc) is 3.27. The normalized spacial score (nSPS) is 14.8. The molecule has 8 heteroatoms. The second kappa shape index (κ2) is 7.94. The Morgan fingerprint density at radius 1 is 1.23 bits per heavy atom. The number of nitrogens with one attached hydrogen (secondary N) is 1. The predicted octanol–water partition coefficient (Wildman–Crippen LogP) is 2.89. The summed E-state index contributed by atoms with van der Waals surface area (Å²) in [6.07, 6.45) is 3.00. The first-order chi connectivity index (χ1) is 12.4. The second-order valence-corrected chi connectivity index (χ2v) is 9.12. The highest BCUT2D eigenvalue weighted by Gasteiger charge is 2.21. The van der Waals surface area contributed by atoms with Gasteiger partial charge >= 0.3 is 0 Å². The minimum absolute atomic E-state index is 0.180. The summed E-state index contributed by atoms with van der Waals surface area (Å²) < 4.78 is 33.2. The van der Waals surface area contributed by atoms with E-state index >= 15 is 0 Å². The van der Waals surface area contributed by atoms with Crippen molar-refractivity contribution < 1.29 is 13.2 Å². The molecule has 3 rings (SSSR count). The predicted molar refractivity (Wildman–Crippen MR) is 105 cm³/mol. The molecule has 1 aliphatic heterocycles. The Kier molecular flexibility index (Phi) is 5.84. The van der Waals surface area contributed by atoms with Crippen LogP contribution in [0, 0.1) is 13.8 Å². The highest BCUT2D eigenvalue weighted by molar-refractivity contribution is 7.89. The standard InChI is InChI=1S/C18H25N3O3S2/c1-13-10-16(24-3)17(11-14(13)2)26(22,23)19-7-6-15-12-25-18(20-15)21-8-4-5-9-21/h10-12,19H,4-9H2,1-3H3. The fourth-order valence-electron chi connectivity index (χ4n) is 2.99. The summed E-state index contributed by atoms with van der Waals surface area (Å²) in [5.74, 6) is 0.366. The van der Waals surface area contributed by atoms with E-state index < -0.39 is 10.0 Å². The van der Waals surface area contributed by atoms with E-state index in [1.165, 1.54) is 20.0 Å². The van der Waals surface area contributed by atoms with Crippen molar-refractivity contribution >= 4 is 26.5 Å². The lowest BCUT2D eigenvalue weighted by Gasteiger charge is -2.13. The molecule has 6 nitrogen and oxygen atoms in total. The van der Waals surface area contributed by atoms with Crippen molar-refractivity contribution in [1.82, 2.24) is 9.71 Å². The van der Waals surface area contributed by atoms with Crippen LogP contribution in [-0.2, 0) is 16.4 Å². The van der Waals surface area contributed by atoms with Crippen molar-refractivity contribution in [3.8, 4) is 5.75 Å². The van der Waals surface area contributed by atoms with E-state index in [0.717, 1.165) is 35.0 Å². The zero-order chi connectivity index (χ0) is 18.7. The van der Waals surface area contributed by atoms with E-state index in [1.54, 1.807) is 23.5 Å². The molecule has 0 unspecified atom stereocenters. The SMILES string of the molecule is COc1cc(C)c(C)cc1S(=O)(=O)NCCc1csc(N2CCCC2)n1. The van der Waals surface area contributed by atoms with Gasteiger partial charge in [-0.15, -0.1) is 11.3 Å². The van der Waals surface area contributed by atoms with Gasteiger partial charge in [-0.2, -0.15) is 0 Å². The lowest BCUT2D eigenvalue weighted by molar-refractivity contribution is 0.402. The van der Waals surface area contributed by atoms with Gasteiger partial charge in [-0.05, 0) is 49.9 Å². The topological polar surface area (TPSA) is 71.5 Å². The number of anilines is 1. The fourth-order valence-corrected chi connectivity index (χ4v) is 5.17. The van der Waals surface area contributed by atoms with Crippen LogP contribution in [0.1, 0.15) is 29.7 Å². The van der Waals surface area contributed by atoms with Crippen LogP contribution in [0.2, 0.25) is 0 Å². The molecule has 0 aliphatic carbocycles. The number of hydrogen-bond donors (Lipinski definition) is 1. The summed E-state index contributed by atoms with van der Waals surface area (Å²) in [5.41, 5.74) is 2.84. The van der Waals surface area contributed by atoms with Gasteiger partial charge < -0.3 is 9.64 Å². The van der Waals surface area contributed by atoms with Crippen LogP contribution in [0.5, 0.6) is 5.75 Å². The smallest absolute Gasteiger partial charge is 0.244 e. The van der Waals surface area contributed by atoms with E-state index in [4.69, 9.17) is 4.74 Å². The third-order valence-electron chi connectivity index (χ3n) is 4.66. The molecule has 1 aliphatic rings. The van der Waals surface area contributed by atoms with Crippen LogP contribution >= 0.6 is 11.3 Å². The Morgan fingerprint density at radius 3 is 2.62 bits per heavy atom. The van der Waals surface area contributed by atoms with Gasteiger partial charge in [0.2, 0.25) is 10.0 Å². The Morgan fingerprint density at radius 2 is 1.92 bits per heavy atom. The molecule has 0 amide bonds. The Bertz CT molecular complexity index is 872. The number of aryl methyl sites for hydroxylation is 2. The summed E-state index contributed by atoms with van der Waals surface area (Å²) >= 11 is 1.63. The number of ether oxygens (including phenoxy) is 1. The summed E-state index contributed by atoms with van der Waals surface area (Å²) in [7, 11) is -2.15. The Balaban J connectivity index is 1.65. The van der Waals surface area contributed by atoms with Crippen LogP contribution < -0.4 is 14.4 Å². The van der Waals surface area contributed by atoms with Gasteiger partial charge in [0.15, 0.2) is 5.13 Å². The van der Waals surface area contributed by atoms with E-state index in [-0.39, 0.29) is 4.90 Å². The van der Waals surface area contributed by atoms with Crippen LogP contribution in [0.25, 0.3) is 0 Å². The maximum absolute atomic E-state index is 12.7. The summed E-state index contributed by atoms with van der Waals surface area (Å²) in [6, 6.07) is 3.41. The van der Waals surface area contributed by atoms with Crippen molar-refractivity contribution in [3.05, 3.63) is 34.3 Å². The van der Waals surface area contributed by atoms with E-state index in [2.05, 4.69) is 14.6 Å². The van der Waals surface area contributed by atoms with E-state index in [1.807, 2.05) is 19.2 Å². The van der Waals surface area contributed by atoms with Gasteiger partial charge in [-0.25, -0.2) is 18.1 Å². The first-order valence-corrected chi connectivity index (χ1v) is 11.1. The molecule has 2 heterocycles. The maximum Gasteiger partial charge on any atom is 0.244 e. The monoisotopic (exact) mass is 395 g/mol. The summed E-state index contributed by atoms with van der Waals surface area (Å²) in [5, 5.41) is 3.05. The molecule has 2 aromatic rings. The molecule has 1 aromatic heterocycles. The van der Waals surface area contributed by atoms with Crippen molar-refractivity contribution in [3.63, 3.8) is 0 Å². The minimum atomic E-state index is -3.63. The molecule has 1 fully saturated rings. The molecule has 0 saturated carbocycles. The van der Waals surface area contributed by atoms with Gasteiger partial charge in [0.05, 0.1) is 12.8 Å². The highest BCUT2D eigenvalue weighted by Crippen LogP contribution is 2.27. The lowest BCUT2D eigenvalue weighted by Crippen LogP contribution is -2.26. The molecule has 0 bridgehead atoms. The fraction of sp³-hybridized carbons (Fsp3) is 0.500. The molecule has 1 saturated heterocycles. The van der Waals surface area contributed by atoms with Crippen LogP contribution in [0.4, 0.5) is 5.13 Å². The molecule has 142 valence electrons. The van der Waals surface area contributed by atoms with Crippen LogP contribution in [-0.4, -0.2) is 40.1 Å². The van der Waals surface area contributed by atoms with Crippen LogP contribution in [0.3, 0.4) is 0 Å². The maximum atomic E-state index is 12.7. The van der Waals surface area contributed by atoms with Gasteiger partial charge in [0.1, 0.15) is 10.6 Å². The number of hydrogen-bond acceptors (Lipinski definition) is 6. The van der Waals surface area contributed by atoms with Gasteiger partial charge in [0.25, 0.3) is 0 Å². The summed E-state index contributed by atoms with van der Waals surface area (Å²) in [6.45, 7) is 6.25. The molecule has 1 N–H and O–H groups in total. The zero-order valence-corrected chi connectivity index (χ0v) is 17.0. The number of thiazole rings is 1.